The van der Waals surface area contributed by atoms with Crippen LogP contribution in [0.25, 0.3) is 0 Å². The average molecular weight is 156 g/mol. The predicted molar refractivity (Wildman–Crippen MR) is 47.4 cm³/mol. The Hall–Kier alpha value is -0.0400. The van der Waals surface area contributed by atoms with Crippen LogP contribution in [0, 0.1) is 11.8 Å². The molecule has 1 heteroatoms. The summed E-state index contributed by atoms with van der Waals surface area (Å²) < 4.78 is 0. The van der Waals surface area contributed by atoms with Gasteiger partial charge in [0.1, 0.15) is 0 Å². The summed E-state index contributed by atoms with van der Waals surface area (Å²) in [6.07, 6.45) is 8.33. The number of hydrogen-bond acceptors (Lipinski definition) is 1. The minimum absolute atomic E-state index is 0.372. The van der Waals surface area contributed by atoms with Gasteiger partial charge < -0.3 is 5.11 Å². The van der Waals surface area contributed by atoms with Gasteiger partial charge in [-0.15, -0.1) is 0 Å². The van der Waals surface area contributed by atoms with E-state index in [0.29, 0.717) is 12.5 Å². The van der Waals surface area contributed by atoms with Gasteiger partial charge in [0.05, 0.1) is 0 Å². The van der Waals surface area contributed by atoms with Crippen LogP contribution < -0.4 is 0 Å². The maximum Gasteiger partial charge on any atom is 0.0456 e. The van der Waals surface area contributed by atoms with Crippen LogP contribution in [0.5, 0.6) is 0 Å². The van der Waals surface area contributed by atoms with Crippen molar-refractivity contribution in [1.29, 1.82) is 0 Å². The summed E-state index contributed by atoms with van der Waals surface area (Å²) in [6, 6.07) is 0. The van der Waals surface area contributed by atoms with Gasteiger partial charge in [0.2, 0.25) is 0 Å². The lowest BCUT2D eigenvalue weighted by molar-refractivity contribution is 0.197. The Labute approximate surface area is 69.8 Å². The first-order valence-electron chi connectivity index (χ1n) is 4.93. The lowest BCUT2D eigenvalue weighted by atomic mass is 9.83. The molecule has 0 spiro atoms. The SMILES string of the molecule is C[C@@H](CO)CC1CCCCC1. The van der Waals surface area contributed by atoms with E-state index >= 15 is 0 Å². The molecule has 1 aliphatic carbocycles. The number of aliphatic hydroxyl groups excluding tert-OH is 1. The average Bonchev–Trinajstić information content (AvgIpc) is 2.06. The van der Waals surface area contributed by atoms with E-state index in [1.807, 2.05) is 0 Å². The predicted octanol–water partition coefficient (Wildman–Crippen LogP) is 2.59. The second-order valence-corrected chi connectivity index (χ2v) is 4.03. The molecule has 66 valence electrons. The highest BCUT2D eigenvalue weighted by atomic mass is 16.3. The van der Waals surface area contributed by atoms with Crippen molar-refractivity contribution in [2.75, 3.05) is 6.61 Å². The molecule has 0 unspecified atom stereocenters. The first-order chi connectivity index (χ1) is 5.33. The summed E-state index contributed by atoms with van der Waals surface area (Å²) >= 11 is 0. The summed E-state index contributed by atoms with van der Waals surface area (Å²) in [4.78, 5) is 0. The maximum absolute atomic E-state index is 8.87. The monoisotopic (exact) mass is 156 g/mol. The maximum atomic E-state index is 8.87. The van der Waals surface area contributed by atoms with E-state index < -0.39 is 0 Å². The van der Waals surface area contributed by atoms with Crippen LogP contribution in [-0.2, 0) is 0 Å². The number of aliphatic hydroxyl groups is 1. The minimum Gasteiger partial charge on any atom is -0.396 e. The molecule has 1 atom stereocenters. The summed E-state index contributed by atoms with van der Waals surface area (Å²) in [6.45, 7) is 2.52. The normalized spacial score (nSPS) is 23.5. The van der Waals surface area contributed by atoms with Crippen LogP contribution in [-0.4, -0.2) is 11.7 Å². The van der Waals surface area contributed by atoms with Gasteiger partial charge in [-0.25, -0.2) is 0 Å². The van der Waals surface area contributed by atoms with Crippen molar-refractivity contribution in [2.24, 2.45) is 11.8 Å². The Morgan fingerprint density at radius 2 is 1.91 bits per heavy atom. The van der Waals surface area contributed by atoms with E-state index in [1.165, 1.54) is 38.5 Å². The lowest BCUT2D eigenvalue weighted by Gasteiger charge is -2.23. The van der Waals surface area contributed by atoms with Crippen molar-refractivity contribution >= 4 is 0 Å². The zero-order chi connectivity index (χ0) is 8.10. The first kappa shape index (κ1) is 9.05. The second kappa shape index (κ2) is 4.76. The van der Waals surface area contributed by atoms with Crippen LogP contribution in [0.4, 0.5) is 0 Å². The van der Waals surface area contributed by atoms with Crippen LogP contribution in [0.15, 0.2) is 0 Å². The molecule has 11 heavy (non-hydrogen) atoms. The van der Waals surface area contributed by atoms with E-state index in [4.69, 9.17) is 5.11 Å². The van der Waals surface area contributed by atoms with Gasteiger partial charge in [-0.3, -0.25) is 0 Å². The molecule has 1 N–H and O–H groups in total. The van der Waals surface area contributed by atoms with Gasteiger partial charge in [-0.1, -0.05) is 39.0 Å². The van der Waals surface area contributed by atoms with Gasteiger partial charge >= 0.3 is 0 Å². The van der Waals surface area contributed by atoms with E-state index in [1.54, 1.807) is 0 Å². The largest absolute Gasteiger partial charge is 0.396 e. The molecule has 0 aliphatic heterocycles. The summed E-state index contributed by atoms with van der Waals surface area (Å²) in [7, 11) is 0. The van der Waals surface area contributed by atoms with Crippen LogP contribution in [0.1, 0.15) is 45.4 Å². The Balaban J connectivity index is 2.13. The van der Waals surface area contributed by atoms with Gasteiger partial charge in [-0.2, -0.15) is 0 Å². The molecule has 0 aromatic heterocycles. The molecular formula is C10H20O. The van der Waals surface area contributed by atoms with Crippen molar-refractivity contribution in [2.45, 2.75) is 45.4 Å². The van der Waals surface area contributed by atoms with Crippen LogP contribution in [0.2, 0.25) is 0 Å². The molecule has 0 aromatic carbocycles. The third kappa shape index (κ3) is 3.24. The molecule has 0 heterocycles. The third-order valence-electron chi connectivity index (χ3n) is 2.77. The summed E-state index contributed by atoms with van der Waals surface area (Å²) in [5.74, 6) is 1.45. The number of rotatable bonds is 3. The van der Waals surface area contributed by atoms with Crippen LogP contribution >= 0.6 is 0 Å². The van der Waals surface area contributed by atoms with Gasteiger partial charge in [0.15, 0.2) is 0 Å². The molecule has 1 fully saturated rings. The van der Waals surface area contributed by atoms with Gasteiger partial charge in [0, 0.05) is 6.61 Å². The molecular weight excluding hydrogens is 136 g/mol. The second-order valence-electron chi connectivity index (χ2n) is 4.03. The Morgan fingerprint density at radius 3 is 2.45 bits per heavy atom. The molecule has 1 nitrogen and oxygen atoms in total. The highest BCUT2D eigenvalue weighted by Gasteiger charge is 2.15. The van der Waals surface area contributed by atoms with E-state index in [2.05, 4.69) is 6.92 Å². The molecule has 0 aromatic rings. The van der Waals surface area contributed by atoms with Crippen LogP contribution in [0.3, 0.4) is 0 Å². The van der Waals surface area contributed by atoms with Crippen molar-refractivity contribution < 1.29 is 5.11 Å². The molecule has 1 aliphatic rings. The Kier molecular flexibility index (Phi) is 3.92. The van der Waals surface area contributed by atoms with Gasteiger partial charge in [0.25, 0.3) is 0 Å². The van der Waals surface area contributed by atoms with Crippen molar-refractivity contribution in [3.8, 4) is 0 Å². The van der Waals surface area contributed by atoms with Crippen molar-refractivity contribution in [3.63, 3.8) is 0 Å². The van der Waals surface area contributed by atoms with Gasteiger partial charge in [-0.05, 0) is 18.3 Å². The fourth-order valence-electron chi connectivity index (χ4n) is 2.07. The zero-order valence-corrected chi connectivity index (χ0v) is 7.55. The third-order valence-corrected chi connectivity index (χ3v) is 2.77. The molecule has 0 amide bonds. The summed E-state index contributed by atoms with van der Waals surface area (Å²) in [5.41, 5.74) is 0. The van der Waals surface area contributed by atoms with Crippen molar-refractivity contribution in [3.05, 3.63) is 0 Å². The Morgan fingerprint density at radius 1 is 1.27 bits per heavy atom. The highest BCUT2D eigenvalue weighted by Crippen LogP contribution is 2.28. The fourth-order valence-corrected chi connectivity index (χ4v) is 2.07. The van der Waals surface area contributed by atoms with E-state index in [0.717, 1.165) is 5.92 Å². The molecule has 0 bridgehead atoms. The smallest absolute Gasteiger partial charge is 0.0456 e. The minimum atomic E-state index is 0.372. The standard InChI is InChI=1S/C10H20O/c1-9(8-11)7-10-5-3-2-4-6-10/h9-11H,2-8H2,1H3/t9-/m1/s1. The fraction of sp³-hybridized carbons (Fsp3) is 1.00. The molecule has 1 saturated carbocycles. The first-order valence-corrected chi connectivity index (χ1v) is 4.93. The number of hydrogen-bond donors (Lipinski definition) is 1. The molecule has 0 saturated heterocycles. The molecule has 1 rings (SSSR count). The quantitative estimate of drug-likeness (QED) is 0.666. The Bertz CT molecular complexity index is 95.0. The molecule has 0 radical (unpaired) electrons. The van der Waals surface area contributed by atoms with Crippen molar-refractivity contribution in [1.82, 2.24) is 0 Å². The zero-order valence-electron chi connectivity index (χ0n) is 7.55. The summed E-state index contributed by atoms with van der Waals surface area (Å²) in [5, 5.41) is 8.87. The topological polar surface area (TPSA) is 20.2 Å². The van der Waals surface area contributed by atoms with E-state index in [-0.39, 0.29) is 0 Å². The highest BCUT2D eigenvalue weighted by molar-refractivity contribution is 4.67. The van der Waals surface area contributed by atoms with E-state index in [9.17, 15) is 0 Å². The lowest BCUT2D eigenvalue weighted by Crippen LogP contribution is -2.12.